The predicted octanol–water partition coefficient (Wildman–Crippen LogP) is 1.71. The van der Waals surface area contributed by atoms with Crippen LogP contribution >= 0.6 is 0 Å². The Labute approximate surface area is 113 Å². The van der Waals surface area contributed by atoms with Crippen LogP contribution in [0.2, 0.25) is 0 Å². The van der Waals surface area contributed by atoms with Crippen LogP contribution in [0.15, 0.2) is 0 Å². The van der Waals surface area contributed by atoms with Crippen LogP contribution in [0.1, 0.15) is 43.5 Å². The number of hydrogen-bond acceptors (Lipinski definition) is 3. The Balaban J connectivity index is 1.53. The molecule has 1 aromatic rings. The van der Waals surface area contributed by atoms with E-state index in [1.54, 1.807) is 0 Å². The van der Waals surface area contributed by atoms with Crippen LogP contribution in [0.4, 0.5) is 5.95 Å². The summed E-state index contributed by atoms with van der Waals surface area (Å²) in [5.74, 6) is 0.950. The number of carbonyl (C=O) groups excluding carboxylic acids is 1. The van der Waals surface area contributed by atoms with Crippen LogP contribution in [0, 0.1) is 0 Å². The predicted molar refractivity (Wildman–Crippen MR) is 74.2 cm³/mol. The van der Waals surface area contributed by atoms with Gasteiger partial charge in [0.1, 0.15) is 0 Å². The third kappa shape index (κ3) is 2.91. The number of rotatable bonds is 3. The van der Waals surface area contributed by atoms with Gasteiger partial charge in [-0.2, -0.15) is 0 Å². The number of aryl methyl sites for hydroxylation is 2. The largest absolute Gasteiger partial charge is 0.347 e. The van der Waals surface area contributed by atoms with Crippen LogP contribution in [0.5, 0.6) is 0 Å². The lowest BCUT2D eigenvalue weighted by molar-refractivity contribution is -0.130. The van der Waals surface area contributed by atoms with Crippen molar-refractivity contribution in [2.45, 2.75) is 44.9 Å². The first-order valence-electron chi connectivity index (χ1n) is 7.42. The number of fused-ring (bicyclic) bond motifs is 1. The molecule has 0 saturated carbocycles. The van der Waals surface area contributed by atoms with Gasteiger partial charge in [-0.15, -0.1) is 0 Å². The Morgan fingerprint density at radius 2 is 1.95 bits per heavy atom. The van der Waals surface area contributed by atoms with E-state index in [-0.39, 0.29) is 5.91 Å². The Bertz CT molecular complexity index is 425. The summed E-state index contributed by atoms with van der Waals surface area (Å²) in [6.45, 7) is 2.18. The molecule has 2 N–H and O–H groups in total. The third-order valence-corrected chi connectivity index (χ3v) is 4.07. The lowest BCUT2D eigenvalue weighted by atomic mass is 10.0. The quantitative estimate of drug-likeness (QED) is 0.872. The molecular formula is C14H22N4O. The maximum absolute atomic E-state index is 12.0. The van der Waals surface area contributed by atoms with Crippen LogP contribution in [-0.2, 0) is 17.6 Å². The number of imidazole rings is 1. The van der Waals surface area contributed by atoms with Crippen LogP contribution in [0.3, 0.4) is 0 Å². The molecule has 1 saturated heterocycles. The molecule has 0 spiro atoms. The summed E-state index contributed by atoms with van der Waals surface area (Å²) in [4.78, 5) is 21.8. The number of aromatic nitrogens is 2. The molecule has 2 aliphatic rings. The van der Waals surface area contributed by atoms with Gasteiger partial charge in [0.2, 0.25) is 11.9 Å². The van der Waals surface area contributed by atoms with Gasteiger partial charge in [0.15, 0.2) is 0 Å². The maximum Gasteiger partial charge on any atom is 0.241 e. The second-order valence-electron chi connectivity index (χ2n) is 5.51. The molecule has 19 heavy (non-hydrogen) atoms. The van der Waals surface area contributed by atoms with Crippen molar-refractivity contribution in [1.82, 2.24) is 14.9 Å². The van der Waals surface area contributed by atoms with Crippen molar-refractivity contribution < 1.29 is 4.79 Å². The van der Waals surface area contributed by atoms with Gasteiger partial charge in [-0.1, -0.05) is 0 Å². The zero-order valence-corrected chi connectivity index (χ0v) is 11.4. The van der Waals surface area contributed by atoms with E-state index in [9.17, 15) is 4.79 Å². The van der Waals surface area contributed by atoms with Gasteiger partial charge < -0.3 is 15.2 Å². The lowest BCUT2D eigenvalue weighted by Crippen LogP contribution is -2.39. The summed E-state index contributed by atoms with van der Waals surface area (Å²) < 4.78 is 0. The highest BCUT2D eigenvalue weighted by molar-refractivity contribution is 5.80. The standard InChI is InChI=1S/C14H22N4O/c19-13(18-8-4-1-5-9-18)10-15-14-16-11-6-2-3-7-12(11)17-14/h1-10H2,(H2,15,16,17). The Kier molecular flexibility index (Phi) is 3.71. The van der Waals surface area contributed by atoms with Crippen molar-refractivity contribution in [1.29, 1.82) is 0 Å². The minimum atomic E-state index is 0.189. The summed E-state index contributed by atoms with van der Waals surface area (Å²) in [6, 6.07) is 0. The fourth-order valence-corrected chi connectivity index (χ4v) is 2.95. The monoisotopic (exact) mass is 262 g/mol. The number of nitrogens with zero attached hydrogens (tertiary/aromatic N) is 2. The number of aromatic amines is 1. The van der Waals surface area contributed by atoms with Gasteiger partial charge in [0, 0.05) is 18.8 Å². The van der Waals surface area contributed by atoms with Gasteiger partial charge in [0.05, 0.1) is 12.2 Å². The van der Waals surface area contributed by atoms with Gasteiger partial charge in [0.25, 0.3) is 0 Å². The number of piperidine rings is 1. The molecule has 2 heterocycles. The van der Waals surface area contributed by atoms with Crippen LogP contribution in [-0.4, -0.2) is 40.4 Å². The Morgan fingerprint density at radius 3 is 2.74 bits per heavy atom. The molecule has 0 aromatic carbocycles. The van der Waals surface area contributed by atoms with Crippen molar-refractivity contribution in [3.05, 3.63) is 11.4 Å². The lowest BCUT2D eigenvalue weighted by Gasteiger charge is -2.26. The number of likely N-dealkylation sites (tertiary alicyclic amines) is 1. The molecule has 1 amide bonds. The molecular weight excluding hydrogens is 240 g/mol. The first kappa shape index (κ1) is 12.5. The van der Waals surface area contributed by atoms with E-state index in [1.807, 2.05) is 4.90 Å². The summed E-state index contributed by atoms with van der Waals surface area (Å²) >= 11 is 0. The highest BCUT2D eigenvalue weighted by Gasteiger charge is 2.18. The highest BCUT2D eigenvalue weighted by Crippen LogP contribution is 2.20. The van der Waals surface area contributed by atoms with Gasteiger partial charge in [-0.25, -0.2) is 4.98 Å². The van der Waals surface area contributed by atoms with Gasteiger partial charge in [-0.3, -0.25) is 4.79 Å². The van der Waals surface area contributed by atoms with Gasteiger partial charge >= 0.3 is 0 Å². The van der Waals surface area contributed by atoms with E-state index in [0.717, 1.165) is 44.7 Å². The van der Waals surface area contributed by atoms with E-state index >= 15 is 0 Å². The number of carbonyl (C=O) groups is 1. The first-order valence-corrected chi connectivity index (χ1v) is 7.42. The first-order chi connectivity index (χ1) is 9.33. The third-order valence-electron chi connectivity index (χ3n) is 4.07. The fourth-order valence-electron chi connectivity index (χ4n) is 2.95. The summed E-state index contributed by atoms with van der Waals surface area (Å²) in [5, 5.41) is 3.14. The fraction of sp³-hybridized carbons (Fsp3) is 0.714. The van der Waals surface area contributed by atoms with E-state index in [1.165, 1.54) is 30.7 Å². The molecule has 0 atom stereocenters. The molecule has 5 heteroatoms. The average molecular weight is 262 g/mol. The molecule has 0 radical (unpaired) electrons. The van der Waals surface area contributed by atoms with Crippen molar-refractivity contribution >= 4 is 11.9 Å². The number of anilines is 1. The minimum Gasteiger partial charge on any atom is -0.347 e. The zero-order valence-electron chi connectivity index (χ0n) is 11.4. The van der Waals surface area contributed by atoms with Crippen molar-refractivity contribution in [2.75, 3.05) is 25.0 Å². The van der Waals surface area contributed by atoms with Crippen molar-refractivity contribution in [3.63, 3.8) is 0 Å². The Morgan fingerprint density at radius 1 is 1.16 bits per heavy atom. The molecule has 1 fully saturated rings. The highest BCUT2D eigenvalue weighted by atomic mass is 16.2. The molecule has 3 rings (SSSR count). The average Bonchev–Trinajstić information content (AvgIpc) is 2.88. The van der Waals surface area contributed by atoms with E-state index in [4.69, 9.17) is 0 Å². The van der Waals surface area contributed by atoms with E-state index in [2.05, 4.69) is 15.3 Å². The molecule has 0 unspecified atom stereocenters. The van der Waals surface area contributed by atoms with Crippen LogP contribution in [0.25, 0.3) is 0 Å². The number of H-pyrrole nitrogens is 1. The van der Waals surface area contributed by atoms with Crippen LogP contribution < -0.4 is 5.32 Å². The zero-order chi connectivity index (χ0) is 13.1. The molecule has 0 bridgehead atoms. The smallest absolute Gasteiger partial charge is 0.241 e. The molecule has 104 valence electrons. The number of hydrogen-bond donors (Lipinski definition) is 2. The van der Waals surface area contributed by atoms with E-state index in [0.29, 0.717) is 6.54 Å². The Hall–Kier alpha value is -1.52. The minimum absolute atomic E-state index is 0.189. The number of nitrogens with one attached hydrogen (secondary N) is 2. The van der Waals surface area contributed by atoms with E-state index < -0.39 is 0 Å². The second kappa shape index (κ2) is 5.63. The number of amides is 1. The van der Waals surface area contributed by atoms with Crippen molar-refractivity contribution in [3.8, 4) is 0 Å². The summed E-state index contributed by atoms with van der Waals surface area (Å²) in [7, 11) is 0. The molecule has 1 aliphatic carbocycles. The second-order valence-corrected chi connectivity index (χ2v) is 5.51. The molecule has 5 nitrogen and oxygen atoms in total. The molecule has 1 aliphatic heterocycles. The SMILES string of the molecule is O=C(CNc1nc2c([nH]1)CCCC2)N1CCCCC1. The topological polar surface area (TPSA) is 61.0 Å². The maximum atomic E-state index is 12.0. The molecule has 1 aromatic heterocycles. The normalized spacial score (nSPS) is 19.1. The van der Waals surface area contributed by atoms with Gasteiger partial charge in [-0.05, 0) is 44.9 Å². The van der Waals surface area contributed by atoms with Crippen molar-refractivity contribution in [2.24, 2.45) is 0 Å². The summed E-state index contributed by atoms with van der Waals surface area (Å²) in [5.41, 5.74) is 2.43. The summed E-state index contributed by atoms with van der Waals surface area (Å²) in [6.07, 6.45) is 8.15.